The van der Waals surface area contributed by atoms with Crippen molar-refractivity contribution in [2.45, 2.75) is 45.3 Å². The van der Waals surface area contributed by atoms with E-state index in [0.717, 1.165) is 4.31 Å². The number of hydrogen-bond donors (Lipinski definition) is 1. The first-order valence-electron chi connectivity index (χ1n) is 5.77. The lowest BCUT2D eigenvalue weighted by molar-refractivity contribution is 0.0487. The Labute approximate surface area is 112 Å². The van der Waals surface area contributed by atoms with Gasteiger partial charge in [0.25, 0.3) is 9.24 Å². The summed E-state index contributed by atoms with van der Waals surface area (Å²) in [7, 11) is 1.56. The van der Waals surface area contributed by atoms with Crippen molar-refractivity contribution in [3.63, 3.8) is 0 Å². The largest absolute Gasteiger partial charge is 0.444 e. The summed E-state index contributed by atoms with van der Waals surface area (Å²) in [5.74, 6) is 0. The molecule has 8 heteroatoms. The predicted octanol–water partition coefficient (Wildman–Crippen LogP) is 1.46. The Morgan fingerprint density at radius 3 is 2.56 bits per heavy atom. The minimum Gasteiger partial charge on any atom is -0.444 e. The van der Waals surface area contributed by atoms with Gasteiger partial charge in [0.1, 0.15) is 5.60 Å². The van der Waals surface area contributed by atoms with Gasteiger partial charge in [-0.25, -0.2) is 4.79 Å². The maximum Gasteiger partial charge on any atom is 0.407 e. The molecule has 1 aliphatic heterocycles. The number of nitrogens with zero attached hydrogens (tertiary/aromatic N) is 1. The zero-order valence-corrected chi connectivity index (χ0v) is 12.3. The number of ether oxygens (including phenoxy) is 1. The molecule has 0 unspecified atom stereocenters. The van der Waals surface area contributed by atoms with Crippen molar-refractivity contribution in [3.8, 4) is 0 Å². The van der Waals surface area contributed by atoms with Crippen molar-refractivity contribution in [1.82, 2.24) is 9.62 Å². The van der Waals surface area contributed by atoms with E-state index in [-0.39, 0.29) is 12.6 Å². The monoisotopic (exact) mass is 298 g/mol. The minimum atomic E-state index is -3.72. The van der Waals surface area contributed by atoms with Crippen molar-refractivity contribution >= 4 is 26.0 Å². The summed E-state index contributed by atoms with van der Waals surface area (Å²) in [5, 5.41) is 2.65. The number of carbonyl (C=O) groups is 1. The number of rotatable bonds is 2. The molecule has 1 fully saturated rings. The summed E-state index contributed by atoms with van der Waals surface area (Å²) in [5.41, 5.74) is -0.572. The molecule has 0 saturated carbocycles. The van der Waals surface area contributed by atoms with Crippen LogP contribution in [0.1, 0.15) is 33.6 Å². The molecule has 0 aliphatic carbocycles. The van der Waals surface area contributed by atoms with Crippen LogP contribution in [0.25, 0.3) is 0 Å². The van der Waals surface area contributed by atoms with Gasteiger partial charge in [-0.05, 0) is 33.6 Å². The molecule has 18 heavy (non-hydrogen) atoms. The van der Waals surface area contributed by atoms with Gasteiger partial charge in [0.2, 0.25) is 0 Å². The van der Waals surface area contributed by atoms with Gasteiger partial charge < -0.3 is 10.1 Å². The molecule has 0 aromatic carbocycles. The van der Waals surface area contributed by atoms with Crippen molar-refractivity contribution in [1.29, 1.82) is 0 Å². The average Bonchev–Trinajstić information content (AvgIpc) is 2.13. The van der Waals surface area contributed by atoms with Crippen LogP contribution in [0, 0.1) is 0 Å². The molecular formula is C10H19ClN2O4S. The number of alkyl carbamates (subject to hydrolysis) is 1. The normalized spacial score (nSPS) is 22.6. The smallest absolute Gasteiger partial charge is 0.407 e. The standard InChI is InChI=1S/C10H19ClN2O4S/c1-10(2,3)17-9(14)12-8-5-4-6-13(7-8)18(11,15)16/h8H,4-7H2,1-3H3,(H,12,14)/t8-/m0/s1. The van der Waals surface area contributed by atoms with Crippen molar-refractivity contribution in [2.75, 3.05) is 13.1 Å². The predicted molar refractivity (Wildman–Crippen MR) is 68.7 cm³/mol. The number of nitrogens with one attached hydrogen (secondary N) is 1. The first-order chi connectivity index (χ1) is 8.08. The highest BCUT2D eigenvalue weighted by molar-refractivity contribution is 8.11. The van der Waals surface area contributed by atoms with Crippen LogP contribution in [0.4, 0.5) is 4.79 Å². The Morgan fingerprint density at radius 1 is 1.44 bits per heavy atom. The molecule has 1 atom stereocenters. The molecule has 1 N–H and O–H groups in total. The fourth-order valence-corrected chi connectivity index (χ4v) is 2.81. The highest BCUT2D eigenvalue weighted by atomic mass is 35.7. The van der Waals surface area contributed by atoms with E-state index < -0.39 is 20.9 Å². The number of hydrogen-bond acceptors (Lipinski definition) is 4. The second kappa shape index (κ2) is 5.63. The number of amides is 1. The first kappa shape index (κ1) is 15.5. The molecular weight excluding hydrogens is 280 g/mol. The van der Waals surface area contributed by atoms with Crippen molar-refractivity contribution in [2.24, 2.45) is 0 Å². The molecule has 0 spiro atoms. The van der Waals surface area contributed by atoms with Gasteiger partial charge in [-0.2, -0.15) is 12.7 Å². The molecule has 6 nitrogen and oxygen atoms in total. The summed E-state index contributed by atoms with van der Waals surface area (Å²) < 4.78 is 28.7. The van der Waals surface area contributed by atoms with Crippen LogP contribution < -0.4 is 5.32 Å². The van der Waals surface area contributed by atoms with Gasteiger partial charge >= 0.3 is 6.09 Å². The summed E-state index contributed by atoms with van der Waals surface area (Å²) in [6.45, 7) is 5.87. The Balaban J connectivity index is 2.51. The summed E-state index contributed by atoms with van der Waals surface area (Å²) in [6.07, 6.45) is 0.829. The van der Waals surface area contributed by atoms with E-state index in [2.05, 4.69) is 5.32 Å². The maximum absolute atomic E-state index is 11.5. The highest BCUT2D eigenvalue weighted by Crippen LogP contribution is 2.17. The minimum absolute atomic E-state index is 0.186. The summed E-state index contributed by atoms with van der Waals surface area (Å²) in [4.78, 5) is 11.5. The van der Waals surface area contributed by atoms with Gasteiger partial charge in [-0.15, -0.1) is 0 Å². The third-order valence-electron chi connectivity index (χ3n) is 2.41. The van der Waals surface area contributed by atoms with E-state index in [1.165, 1.54) is 0 Å². The van der Waals surface area contributed by atoms with Gasteiger partial charge in [-0.1, -0.05) is 0 Å². The van der Waals surface area contributed by atoms with Crippen LogP contribution >= 0.6 is 10.7 Å². The molecule has 0 radical (unpaired) electrons. The van der Waals surface area contributed by atoms with Gasteiger partial charge in [0.15, 0.2) is 0 Å². The molecule has 1 heterocycles. The molecule has 1 aliphatic rings. The fraction of sp³-hybridized carbons (Fsp3) is 0.900. The lowest BCUT2D eigenvalue weighted by Gasteiger charge is -2.31. The Hall–Kier alpha value is -0.530. The van der Waals surface area contributed by atoms with Gasteiger partial charge in [-0.3, -0.25) is 0 Å². The Morgan fingerprint density at radius 2 is 2.06 bits per heavy atom. The Kier molecular flexibility index (Phi) is 4.85. The van der Waals surface area contributed by atoms with Crippen LogP contribution in [0.2, 0.25) is 0 Å². The van der Waals surface area contributed by atoms with Crippen LogP contribution in [-0.2, 0) is 14.0 Å². The molecule has 1 saturated heterocycles. The van der Waals surface area contributed by atoms with E-state index >= 15 is 0 Å². The zero-order valence-electron chi connectivity index (χ0n) is 10.8. The molecule has 1 rings (SSSR count). The molecule has 0 aromatic heterocycles. The number of carbonyl (C=O) groups excluding carboxylic acids is 1. The lowest BCUT2D eigenvalue weighted by Crippen LogP contribution is -2.49. The van der Waals surface area contributed by atoms with Crippen molar-refractivity contribution in [3.05, 3.63) is 0 Å². The van der Waals surface area contributed by atoms with E-state index in [9.17, 15) is 13.2 Å². The fourth-order valence-electron chi connectivity index (χ4n) is 1.73. The Bertz CT molecular complexity index is 405. The van der Waals surface area contributed by atoms with Crippen LogP contribution in [0.3, 0.4) is 0 Å². The van der Waals surface area contributed by atoms with Crippen LogP contribution in [0.5, 0.6) is 0 Å². The third kappa shape index (κ3) is 5.41. The zero-order chi connectivity index (χ0) is 14.0. The van der Waals surface area contributed by atoms with Crippen LogP contribution in [0.15, 0.2) is 0 Å². The summed E-state index contributed by atoms with van der Waals surface area (Å²) in [6, 6.07) is -0.262. The third-order valence-corrected chi connectivity index (χ3v) is 3.95. The van der Waals surface area contributed by atoms with E-state index in [4.69, 9.17) is 15.4 Å². The quantitative estimate of drug-likeness (QED) is 0.783. The molecule has 0 bridgehead atoms. The molecule has 0 aromatic rings. The SMILES string of the molecule is CC(C)(C)OC(=O)N[C@H]1CCCN(S(=O)(=O)Cl)C1. The first-order valence-corrected chi connectivity index (χ1v) is 8.04. The van der Waals surface area contributed by atoms with Crippen LogP contribution in [-0.4, -0.2) is 43.5 Å². The maximum atomic E-state index is 11.5. The summed E-state index contributed by atoms with van der Waals surface area (Å²) >= 11 is 0. The highest BCUT2D eigenvalue weighted by Gasteiger charge is 2.29. The van der Waals surface area contributed by atoms with Crippen molar-refractivity contribution < 1.29 is 17.9 Å². The van der Waals surface area contributed by atoms with E-state index in [1.54, 1.807) is 20.8 Å². The van der Waals surface area contributed by atoms with Gasteiger partial charge in [0.05, 0.1) is 0 Å². The van der Waals surface area contributed by atoms with E-state index in [1.807, 2.05) is 0 Å². The molecule has 1 amide bonds. The second-order valence-electron chi connectivity index (χ2n) is 5.29. The number of piperidine rings is 1. The topological polar surface area (TPSA) is 75.7 Å². The molecule has 106 valence electrons. The van der Waals surface area contributed by atoms with Gasteiger partial charge in [0, 0.05) is 29.8 Å². The average molecular weight is 299 g/mol. The lowest BCUT2D eigenvalue weighted by atomic mass is 10.1. The second-order valence-corrected chi connectivity index (χ2v) is 7.80. The number of halogens is 1. The van der Waals surface area contributed by atoms with E-state index in [0.29, 0.717) is 19.4 Å².